The third-order valence-electron chi connectivity index (χ3n) is 5.38. The van der Waals surface area contributed by atoms with E-state index in [1.54, 1.807) is 13.0 Å². The van der Waals surface area contributed by atoms with Crippen LogP contribution in [-0.2, 0) is 9.59 Å². The van der Waals surface area contributed by atoms with E-state index in [-0.39, 0.29) is 17.3 Å². The summed E-state index contributed by atoms with van der Waals surface area (Å²) in [4.78, 5) is 26.2. The molecule has 2 amide bonds. The van der Waals surface area contributed by atoms with Crippen LogP contribution >= 0.6 is 0 Å². The van der Waals surface area contributed by atoms with E-state index in [0.717, 1.165) is 44.2 Å². The molecule has 1 N–H and O–H groups in total. The lowest BCUT2D eigenvalue weighted by atomic mass is 9.94. The molecule has 3 rings (SSSR count). The zero-order valence-electron chi connectivity index (χ0n) is 17.1. The standard InChI is InChI=1S/C23H24F4N2O2/c1-15-6-5-9-19(14-15)29(22(31)23(25,26)27)20(16-10-12-17(24)13-11-16)21(30)28-18-7-3-2-4-8-18/h5-6,9-14,18,20H,2-4,7-8H2,1H3,(H,28,30). The Labute approximate surface area is 178 Å². The molecule has 0 bridgehead atoms. The third kappa shape index (κ3) is 5.62. The highest BCUT2D eigenvalue weighted by atomic mass is 19.4. The number of hydrogen-bond donors (Lipinski definition) is 1. The minimum atomic E-state index is -5.20. The minimum Gasteiger partial charge on any atom is -0.351 e. The fourth-order valence-electron chi connectivity index (χ4n) is 3.89. The maximum Gasteiger partial charge on any atom is 0.471 e. The summed E-state index contributed by atoms with van der Waals surface area (Å²) in [5, 5.41) is 2.81. The summed E-state index contributed by atoms with van der Waals surface area (Å²) >= 11 is 0. The van der Waals surface area contributed by atoms with Gasteiger partial charge in [-0.25, -0.2) is 4.39 Å². The molecular formula is C23H24F4N2O2. The summed E-state index contributed by atoms with van der Waals surface area (Å²) in [5.74, 6) is -3.48. The van der Waals surface area contributed by atoms with E-state index in [1.165, 1.54) is 30.3 Å². The van der Waals surface area contributed by atoms with Crippen LogP contribution in [0.1, 0.15) is 49.3 Å². The number of carbonyl (C=O) groups excluding carboxylic acids is 2. The predicted molar refractivity (Wildman–Crippen MR) is 109 cm³/mol. The smallest absolute Gasteiger partial charge is 0.351 e. The largest absolute Gasteiger partial charge is 0.471 e. The molecule has 0 saturated heterocycles. The number of anilines is 1. The molecule has 0 aromatic heterocycles. The zero-order valence-corrected chi connectivity index (χ0v) is 17.1. The summed E-state index contributed by atoms with van der Waals surface area (Å²) < 4.78 is 54.2. The molecule has 4 nitrogen and oxygen atoms in total. The predicted octanol–water partition coefficient (Wildman–Crippen LogP) is 5.22. The minimum absolute atomic E-state index is 0.0598. The van der Waals surface area contributed by atoms with Crippen molar-refractivity contribution in [3.63, 3.8) is 0 Å². The number of carbonyl (C=O) groups is 2. The number of rotatable bonds is 5. The molecule has 1 atom stereocenters. The molecule has 1 aliphatic carbocycles. The monoisotopic (exact) mass is 436 g/mol. The van der Waals surface area contributed by atoms with E-state index >= 15 is 0 Å². The highest BCUT2D eigenvalue weighted by Gasteiger charge is 2.47. The number of nitrogens with one attached hydrogen (secondary N) is 1. The van der Waals surface area contributed by atoms with Crippen LogP contribution in [0.5, 0.6) is 0 Å². The SMILES string of the molecule is Cc1cccc(N(C(=O)C(F)(F)F)C(C(=O)NC2CCCCC2)c2ccc(F)cc2)c1. The molecule has 2 aromatic rings. The van der Waals surface area contributed by atoms with Crippen molar-refractivity contribution in [1.29, 1.82) is 0 Å². The number of nitrogens with zero attached hydrogens (tertiary/aromatic N) is 1. The highest BCUT2D eigenvalue weighted by molar-refractivity contribution is 6.03. The highest BCUT2D eigenvalue weighted by Crippen LogP contribution is 2.33. The van der Waals surface area contributed by atoms with Gasteiger partial charge in [0, 0.05) is 11.7 Å². The summed E-state index contributed by atoms with van der Waals surface area (Å²) in [6, 6.07) is 8.75. The van der Waals surface area contributed by atoms with Gasteiger partial charge in [-0.1, -0.05) is 43.5 Å². The fraction of sp³-hybridized carbons (Fsp3) is 0.391. The van der Waals surface area contributed by atoms with Crippen molar-refractivity contribution >= 4 is 17.5 Å². The number of aryl methyl sites for hydroxylation is 1. The molecule has 166 valence electrons. The Morgan fingerprint density at radius 3 is 2.26 bits per heavy atom. The molecule has 0 radical (unpaired) electrons. The van der Waals surface area contributed by atoms with Crippen molar-refractivity contribution in [2.45, 2.75) is 57.3 Å². The summed E-state index contributed by atoms with van der Waals surface area (Å²) in [6.45, 7) is 1.68. The van der Waals surface area contributed by atoms with Crippen molar-refractivity contribution in [2.75, 3.05) is 4.90 Å². The summed E-state index contributed by atoms with van der Waals surface area (Å²) in [6.07, 6.45) is -0.896. The molecule has 1 fully saturated rings. The number of amides is 2. The van der Waals surface area contributed by atoms with Crippen LogP contribution in [0.4, 0.5) is 23.2 Å². The van der Waals surface area contributed by atoms with Crippen LogP contribution in [0.2, 0.25) is 0 Å². The molecule has 0 heterocycles. The quantitative estimate of drug-likeness (QED) is 0.654. The van der Waals surface area contributed by atoms with Gasteiger partial charge in [0.05, 0.1) is 0 Å². The first-order chi connectivity index (χ1) is 14.7. The topological polar surface area (TPSA) is 49.4 Å². The lowest BCUT2D eigenvalue weighted by Crippen LogP contribution is -2.50. The molecule has 0 spiro atoms. The maximum atomic E-state index is 13.6. The molecule has 8 heteroatoms. The Balaban J connectivity index is 2.08. The Kier molecular flexibility index (Phi) is 6.97. The van der Waals surface area contributed by atoms with Crippen molar-refractivity contribution in [3.8, 4) is 0 Å². The van der Waals surface area contributed by atoms with Crippen LogP contribution in [-0.4, -0.2) is 24.0 Å². The number of alkyl halides is 3. The molecule has 1 aliphatic rings. The molecule has 31 heavy (non-hydrogen) atoms. The second kappa shape index (κ2) is 9.49. The van der Waals surface area contributed by atoms with Gasteiger partial charge in [-0.15, -0.1) is 0 Å². The van der Waals surface area contributed by atoms with Crippen LogP contribution in [0.15, 0.2) is 48.5 Å². The number of benzene rings is 2. The van der Waals surface area contributed by atoms with Crippen molar-refractivity contribution in [1.82, 2.24) is 5.32 Å². The molecular weight excluding hydrogens is 412 g/mol. The zero-order chi connectivity index (χ0) is 22.6. The Morgan fingerprint density at radius 1 is 1.03 bits per heavy atom. The van der Waals surface area contributed by atoms with E-state index in [0.29, 0.717) is 10.5 Å². The van der Waals surface area contributed by atoms with Gasteiger partial charge < -0.3 is 5.32 Å². The molecule has 1 unspecified atom stereocenters. The lowest BCUT2D eigenvalue weighted by Gasteiger charge is -2.34. The van der Waals surface area contributed by atoms with Gasteiger partial charge >= 0.3 is 12.1 Å². The first-order valence-corrected chi connectivity index (χ1v) is 10.2. The second-order valence-corrected chi connectivity index (χ2v) is 7.81. The second-order valence-electron chi connectivity index (χ2n) is 7.81. The van der Waals surface area contributed by atoms with E-state index in [4.69, 9.17) is 0 Å². The Bertz CT molecular complexity index is 922. The van der Waals surface area contributed by atoms with Crippen LogP contribution in [0.3, 0.4) is 0 Å². The third-order valence-corrected chi connectivity index (χ3v) is 5.38. The maximum absolute atomic E-state index is 13.6. The van der Waals surface area contributed by atoms with Gasteiger partial charge in [-0.2, -0.15) is 13.2 Å². The molecule has 0 aliphatic heterocycles. The van der Waals surface area contributed by atoms with Crippen molar-refractivity contribution in [2.24, 2.45) is 0 Å². The van der Waals surface area contributed by atoms with E-state index in [9.17, 15) is 27.2 Å². The number of halogens is 4. The van der Waals surface area contributed by atoms with Crippen LogP contribution in [0.25, 0.3) is 0 Å². The Hall–Kier alpha value is -2.90. The fourth-order valence-corrected chi connectivity index (χ4v) is 3.89. The van der Waals surface area contributed by atoms with Crippen LogP contribution in [0, 0.1) is 12.7 Å². The Morgan fingerprint density at radius 2 is 1.68 bits per heavy atom. The van der Waals surface area contributed by atoms with Gasteiger partial charge in [0.25, 0.3) is 0 Å². The van der Waals surface area contributed by atoms with Gasteiger partial charge in [0.1, 0.15) is 11.9 Å². The lowest BCUT2D eigenvalue weighted by molar-refractivity contribution is -0.171. The number of hydrogen-bond acceptors (Lipinski definition) is 2. The van der Waals surface area contributed by atoms with Gasteiger partial charge in [-0.05, 0) is 55.2 Å². The van der Waals surface area contributed by atoms with Crippen molar-refractivity contribution < 1.29 is 27.2 Å². The summed E-state index contributed by atoms with van der Waals surface area (Å²) in [7, 11) is 0. The van der Waals surface area contributed by atoms with E-state index in [2.05, 4.69) is 5.32 Å². The van der Waals surface area contributed by atoms with Gasteiger partial charge in [-0.3, -0.25) is 14.5 Å². The molecule has 1 saturated carbocycles. The molecule has 2 aromatic carbocycles. The summed E-state index contributed by atoms with van der Waals surface area (Å²) in [5.41, 5.74) is 0.660. The average molecular weight is 436 g/mol. The average Bonchev–Trinajstić information content (AvgIpc) is 2.72. The van der Waals surface area contributed by atoms with E-state index in [1.807, 2.05) is 0 Å². The van der Waals surface area contributed by atoms with E-state index < -0.39 is 29.8 Å². The van der Waals surface area contributed by atoms with Gasteiger partial charge in [0.15, 0.2) is 0 Å². The van der Waals surface area contributed by atoms with Gasteiger partial charge in [0.2, 0.25) is 5.91 Å². The first-order valence-electron chi connectivity index (χ1n) is 10.2. The first kappa shape index (κ1) is 22.8. The normalized spacial score (nSPS) is 15.9. The van der Waals surface area contributed by atoms with Crippen LogP contribution < -0.4 is 10.2 Å². The van der Waals surface area contributed by atoms with Crippen molar-refractivity contribution in [3.05, 3.63) is 65.5 Å².